The summed E-state index contributed by atoms with van der Waals surface area (Å²) in [6.07, 6.45) is -4.30. The number of hydrogen-bond donors (Lipinski definition) is 1. The topological polar surface area (TPSA) is 26.0 Å². The number of halogens is 3. The number of nitrogens with two attached hydrogens (primary N) is 1. The highest BCUT2D eigenvalue weighted by atomic mass is 19.4. The normalized spacial score (nSPS) is 12.8. The summed E-state index contributed by atoms with van der Waals surface area (Å²) in [5.74, 6) is 0. The van der Waals surface area contributed by atoms with Crippen molar-refractivity contribution in [3.63, 3.8) is 0 Å². The van der Waals surface area contributed by atoms with E-state index in [0.717, 1.165) is 6.07 Å². The Labute approximate surface area is 94.5 Å². The molecule has 1 aromatic rings. The summed E-state index contributed by atoms with van der Waals surface area (Å²) in [4.78, 5) is 0. The number of benzene rings is 1. The minimum Gasteiger partial charge on any atom is -0.324 e. The van der Waals surface area contributed by atoms with Gasteiger partial charge in [0.05, 0.1) is 5.56 Å². The van der Waals surface area contributed by atoms with Gasteiger partial charge in [-0.05, 0) is 31.0 Å². The van der Waals surface area contributed by atoms with E-state index in [1.807, 2.05) is 13.8 Å². The minimum absolute atomic E-state index is 0.218. The fraction of sp³-hybridized carbons (Fsp3) is 0.500. The van der Waals surface area contributed by atoms with Gasteiger partial charge in [-0.1, -0.05) is 26.0 Å². The molecule has 4 heteroatoms. The van der Waals surface area contributed by atoms with Gasteiger partial charge in [0, 0.05) is 6.04 Å². The molecule has 0 saturated carbocycles. The number of alkyl halides is 3. The quantitative estimate of drug-likeness (QED) is 0.777. The van der Waals surface area contributed by atoms with E-state index in [9.17, 15) is 13.2 Å². The van der Waals surface area contributed by atoms with Crippen LogP contribution in [0.25, 0.3) is 0 Å². The van der Waals surface area contributed by atoms with Gasteiger partial charge < -0.3 is 5.73 Å². The van der Waals surface area contributed by atoms with Crippen LogP contribution in [0.5, 0.6) is 0 Å². The summed E-state index contributed by atoms with van der Waals surface area (Å²) in [6.45, 7) is 7.12. The summed E-state index contributed by atoms with van der Waals surface area (Å²) in [6, 6.07) is 3.70. The van der Waals surface area contributed by atoms with Crippen LogP contribution in [0, 0.1) is 6.92 Å². The van der Waals surface area contributed by atoms with Crippen LogP contribution in [-0.2, 0) is 6.18 Å². The number of rotatable bonds is 1. The molecule has 0 bridgehead atoms. The van der Waals surface area contributed by atoms with E-state index in [2.05, 4.69) is 0 Å². The zero-order chi connectivity index (χ0) is 12.9. The molecule has 16 heavy (non-hydrogen) atoms. The first kappa shape index (κ1) is 15.0. The second-order valence-electron chi connectivity index (χ2n) is 3.31. The molecule has 0 fully saturated rings. The van der Waals surface area contributed by atoms with Crippen LogP contribution in [0.2, 0.25) is 0 Å². The first-order chi connectivity index (χ1) is 7.34. The third-order valence-electron chi connectivity index (χ3n) is 2.17. The van der Waals surface area contributed by atoms with Crippen molar-refractivity contribution in [1.29, 1.82) is 0 Å². The van der Waals surface area contributed by atoms with Crippen LogP contribution >= 0.6 is 0 Å². The van der Waals surface area contributed by atoms with Gasteiger partial charge in [-0.15, -0.1) is 0 Å². The molecule has 1 rings (SSSR count). The second-order valence-corrected chi connectivity index (χ2v) is 3.31. The van der Waals surface area contributed by atoms with Crippen molar-refractivity contribution in [2.75, 3.05) is 0 Å². The van der Waals surface area contributed by atoms with Crippen molar-refractivity contribution in [2.45, 2.75) is 39.9 Å². The molecule has 0 heterocycles. The van der Waals surface area contributed by atoms with Crippen LogP contribution < -0.4 is 5.73 Å². The zero-order valence-corrected chi connectivity index (χ0v) is 10.0. The molecule has 0 unspecified atom stereocenters. The van der Waals surface area contributed by atoms with Crippen LogP contribution in [0.1, 0.15) is 43.5 Å². The maximum atomic E-state index is 12.5. The third kappa shape index (κ3) is 3.52. The lowest BCUT2D eigenvalue weighted by Gasteiger charge is -2.15. The lowest BCUT2D eigenvalue weighted by molar-refractivity contribution is -0.138. The lowest BCUT2D eigenvalue weighted by atomic mass is 9.98. The molecule has 1 aromatic carbocycles. The minimum atomic E-state index is -4.30. The Morgan fingerprint density at radius 1 is 1.19 bits per heavy atom. The fourth-order valence-corrected chi connectivity index (χ4v) is 1.45. The largest absolute Gasteiger partial charge is 0.416 e. The third-order valence-corrected chi connectivity index (χ3v) is 2.17. The molecular formula is C12H18F3N. The average molecular weight is 233 g/mol. The molecule has 0 aliphatic carbocycles. The van der Waals surface area contributed by atoms with Crippen LogP contribution in [0.3, 0.4) is 0 Å². The van der Waals surface area contributed by atoms with Gasteiger partial charge in [-0.3, -0.25) is 0 Å². The molecule has 0 amide bonds. The van der Waals surface area contributed by atoms with Crippen molar-refractivity contribution in [1.82, 2.24) is 0 Å². The van der Waals surface area contributed by atoms with Crippen molar-refractivity contribution < 1.29 is 13.2 Å². The lowest BCUT2D eigenvalue weighted by Crippen LogP contribution is -2.13. The Morgan fingerprint density at radius 2 is 1.69 bits per heavy atom. The summed E-state index contributed by atoms with van der Waals surface area (Å²) < 4.78 is 37.4. The van der Waals surface area contributed by atoms with E-state index in [0.29, 0.717) is 5.56 Å². The smallest absolute Gasteiger partial charge is 0.324 e. The highest BCUT2D eigenvalue weighted by Crippen LogP contribution is 2.33. The van der Waals surface area contributed by atoms with Gasteiger partial charge in [-0.2, -0.15) is 13.2 Å². The van der Waals surface area contributed by atoms with Gasteiger partial charge in [0.15, 0.2) is 0 Å². The molecule has 0 saturated heterocycles. The fourth-order valence-electron chi connectivity index (χ4n) is 1.45. The monoisotopic (exact) mass is 233 g/mol. The maximum absolute atomic E-state index is 12.5. The van der Waals surface area contributed by atoms with Crippen LogP contribution in [0.15, 0.2) is 18.2 Å². The van der Waals surface area contributed by atoms with Gasteiger partial charge in [0.1, 0.15) is 0 Å². The molecule has 0 aromatic heterocycles. The van der Waals surface area contributed by atoms with E-state index in [1.165, 1.54) is 13.0 Å². The van der Waals surface area contributed by atoms with E-state index in [1.54, 1.807) is 13.0 Å². The molecule has 1 nitrogen and oxygen atoms in total. The van der Waals surface area contributed by atoms with E-state index in [-0.39, 0.29) is 11.6 Å². The predicted molar refractivity (Wildman–Crippen MR) is 60.1 cm³/mol. The summed E-state index contributed by atoms with van der Waals surface area (Å²) >= 11 is 0. The van der Waals surface area contributed by atoms with Crippen molar-refractivity contribution >= 4 is 0 Å². The number of hydrogen-bond acceptors (Lipinski definition) is 1. The standard InChI is InChI=1S/C10H12F3N.C2H6/c1-6-8(7(2)14)4-3-5-9(6)10(11,12)13;1-2/h3-5,7H,14H2,1-2H3;1-2H3/t7-;/m1./s1. The summed E-state index contributed by atoms with van der Waals surface area (Å²) in [5, 5.41) is 0. The van der Waals surface area contributed by atoms with E-state index < -0.39 is 11.7 Å². The molecule has 0 aliphatic heterocycles. The maximum Gasteiger partial charge on any atom is 0.416 e. The Hall–Kier alpha value is -1.03. The average Bonchev–Trinajstić information content (AvgIpc) is 2.19. The highest BCUT2D eigenvalue weighted by molar-refractivity contribution is 5.37. The van der Waals surface area contributed by atoms with Gasteiger partial charge in [0.2, 0.25) is 0 Å². The van der Waals surface area contributed by atoms with E-state index >= 15 is 0 Å². The summed E-state index contributed by atoms with van der Waals surface area (Å²) in [7, 11) is 0. The van der Waals surface area contributed by atoms with E-state index in [4.69, 9.17) is 5.73 Å². The first-order valence-corrected chi connectivity index (χ1v) is 5.26. The molecule has 2 N–H and O–H groups in total. The zero-order valence-electron chi connectivity index (χ0n) is 10.0. The molecular weight excluding hydrogens is 215 g/mol. The molecule has 0 aliphatic rings. The molecule has 1 atom stereocenters. The SMILES string of the molecule is CC.Cc1c([C@@H](C)N)cccc1C(F)(F)F. The predicted octanol–water partition coefficient (Wildman–Crippen LogP) is 4.06. The molecule has 0 spiro atoms. The Bertz CT molecular complexity index is 330. The highest BCUT2D eigenvalue weighted by Gasteiger charge is 2.32. The van der Waals surface area contributed by atoms with Crippen LogP contribution in [0.4, 0.5) is 13.2 Å². The molecule has 0 radical (unpaired) electrons. The summed E-state index contributed by atoms with van der Waals surface area (Å²) in [5.41, 5.74) is 5.71. The Kier molecular flexibility index (Phi) is 5.51. The van der Waals surface area contributed by atoms with Crippen molar-refractivity contribution in [3.8, 4) is 0 Å². The van der Waals surface area contributed by atoms with Gasteiger partial charge in [-0.25, -0.2) is 0 Å². The van der Waals surface area contributed by atoms with Gasteiger partial charge >= 0.3 is 6.18 Å². The second kappa shape index (κ2) is 5.89. The Morgan fingerprint density at radius 3 is 2.06 bits per heavy atom. The van der Waals surface area contributed by atoms with Gasteiger partial charge in [0.25, 0.3) is 0 Å². The van der Waals surface area contributed by atoms with Crippen LogP contribution in [-0.4, -0.2) is 0 Å². The van der Waals surface area contributed by atoms with Crippen molar-refractivity contribution in [2.24, 2.45) is 5.73 Å². The first-order valence-electron chi connectivity index (χ1n) is 5.26. The Balaban J connectivity index is 0.00000106. The molecule has 92 valence electrons. The van der Waals surface area contributed by atoms with Crippen molar-refractivity contribution in [3.05, 3.63) is 34.9 Å².